The maximum atomic E-state index is 12.5. The van der Waals surface area contributed by atoms with Crippen LogP contribution in [0, 0.1) is 5.95 Å². The van der Waals surface area contributed by atoms with E-state index < -0.39 is 5.95 Å². The van der Waals surface area contributed by atoms with Crippen LogP contribution in [0.2, 0.25) is 0 Å². The van der Waals surface area contributed by atoms with Crippen LogP contribution in [0.25, 0.3) is 0 Å². The van der Waals surface area contributed by atoms with Gasteiger partial charge in [0.05, 0.1) is 24.5 Å². The molecule has 0 radical (unpaired) electrons. The van der Waals surface area contributed by atoms with Crippen molar-refractivity contribution in [2.24, 2.45) is 0 Å². The van der Waals surface area contributed by atoms with Gasteiger partial charge in [-0.1, -0.05) is 0 Å². The summed E-state index contributed by atoms with van der Waals surface area (Å²) in [4.78, 5) is 16.3. The first-order valence-electron chi connectivity index (χ1n) is 4.81. The van der Waals surface area contributed by atoms with Gasteiger partial charge in [-0.15, -0.1) is 0 Å². The molecule has 0 bridgehead atoms. The molecule has 0 saturated heterocycles. The molecule has 1 rings (SSSR count). The molecule has 16 heavy (non-hydrogen) atoms. The van der Waals surface area contributed by atoms with Crippen LogP contribution >= 0.6 is 0 Å². The van der Waals surface area contributed by atoms with E-state index in [1.54, 1.807) is 14.0 Å². The summed E-state index contributed by atoms with van der Waals surface area (Å²) in [5.74, 6) is -0.602. The van der Waals surface area contributed by atoms with E-state index in [9.17, 15) is 9.18 Å². The van der Waals surface area contributed by atoms with Gasteiger partial charge in [0.15, 0.2) is 0 Å². The van der Waals surface area contributed by atoms with Crippen molar-refractivity contribution in [2.75, 3.05) is 19.0 Å². The second-order valence-corrected chi connectivity index (χ2v) is 3.44. The molecule has 0 saturated carbocycles. The summed E-state index contributed by atoms with van der Waals surface area (Å²) in [5, 5.41) is 11.4. The summed E-state index contributed by atoms with van der Waals surface area (Å²) < 4.78 is 12.5. The fourth-order valence-electron chi connectivity index (χ4n) is 0.984. The number of aliphatic hydroxyl groups is 1. The van der Waals surface area contributed by atoms with Crippen LogP contribution in [-0.2, 0) is 0 Å². The monoisotopic (exact) mass is 227 g/mol. The van der Waals surface area contributed by atoms with E-state index in [1.807, 2.05) is 0 Å². The minimum atomic E-state index is -0.602. The lowest BCUT2D eigenvalue weighted by molar-refractivity contribution is 0.166. The maximum absolute atomic E-state index is 12.5. The fraction of sp³-hybridized carbons (Fsp3) is 0.400. The van der Waals surface area contributed by atoms with Gasteiger partial charge in [-0.25, -0.2) is 9.78 Å². The number of amides is 2. The van der Waals surface area contributed by atoms with E-state index in [2.05, 4.69) is 10.3 Å². The van der Waals surface area contributed by atoms with Crippen molar-refractivity contribution in [3.8, 4) is 0 Å². The third-order valence-corrected chi connectivity index (χ3v) is 2.22. The number of carbonyl (C=O) groups is 1. The molecule has 1 aromatic heterocycles. The van der Waals surface area contributed by atoms with Gasteiger partial charge < -0.3 is 15.3 Å². The molecule has 6 heteroatoms. The fourth-order valence-corrected chi connectivity index (χ4v) is 0.984. The quantitative estimate of drug-likeness (QED) is 0.759. The molecule has 0 fully saturated rings. The molecule has 1 atom stereocenters. The average Bonchev–Trinajstić information content (AvgIpc) is 2.30. The Hall–Kier alpha value is -1.69. The lowest BCUT2D eigenvalue weighted by atomic mass is 10.3. The Morgan fingerprint density at radius 1 is 1.69 bits per heavy atom. The van der Waals surface area contributed by atoms with Gasteiger partial charge in [0, 0.05) is 7.05 Å². The third kappa shape index (κ3) is 3.16. The normalized spacial score (nSPS) is 12.0. The van der Waals surface area contributed by atoms with E-state index in [0.29, 0.717) is 5.69 Å². The van der Waals surface area contributed by atoms with Gasteiger partial charge in [-0.05, 0) is 19.1 Å². The molecule has 1 heterocycles. The van der Waals surface area contributed by atoms with Crippen LogP contribution in [0.5, 0.6) is 0 Å². The first kappa shape index (κ1) is 12.4. The predicted molar refractivity (Wildman–Crippen MR) is 57.5 cm³/mol. The molecular formula is C10H14FN3O2. The molecule has 0 aliphatic heterocycles. The Bertz CT molecular complexity index is 356. The van der Waals surface area contributed by atoms with E-state index in [-0.39, 0.29) is 18.7 Å². The van der Waals surface area contributed by atoms with Crippen LogP contribution in [0.15, 0.2) is 18.3 Å². The highest BCUT2D eigenvalue weighted by Crippen LogP contribution is 2.07. The highest BCUT2D eigenvalue weighted by Gasteiger charge is 2.14. The minimum Gasteiger partial charge on any atom is -0.394 e. The number of carbonyl (C=O) groups excluding carboxylic acids is 1. The lowest BCUT2D eigenvalue weighted by Gasteiger charge is -2.23. The SMILES string of the molecule is CC(CO)N(C)C(=O)Nc1ccc(F)nc1. The Morgan fingerprint density at radius 3 is 2.88 bits per heavy atom. The van der Waals surface area contributed by atoms with Crippen LogP contribution in [0.3, 0.4) is 0 Å². The number of pyridine rings is 1. The van der Waals surface area contributed by atoms with Gasteiger partial charge in [0.2, 0.25) is 5.95 Å². The number of nitrogens with one attached hydrogen (secondary N) is 1. The summed E-state index contributed by atoms with van der Waals surface area (Å²) in [5.41, 5.74) is 0.406. The molecule has 5 nitrogen and oxygen atoms in total. The van der Waals surface area contributed by atoms with Gasteiger partial charge in [0.1, 0.15) is 0 Å². The van der Waals surface area contributed by atoms with Crippen LogP contribution in [-0.4, -0.2) is 40.7 Å². The van der Waals surface area contributed by atoms with E-state index >= 15 is 0 Å². The second kappa shape index (κ2) is 5.41. The molecule has 1 unspecified atom stereocenters. The number of halogens is 1. The number of urea groups is 1. The number of nitrogens with zero attached hydrogens (tertiary/aromatic N) is 2. The second-order valence-electron chi connectivity index (χ2n) is 3.44. The molecule has 2 N–H and O–H groups in total. The van der Waals surface area contributed by atoms with Crippen LogP contribution in [0.4, 0.5) is 14.9 Å². The molecule has 1 aromatic rings. The number of rotatable bonds is 3. The predicted octanol–water partition coefficient (Wildman–Crippen LogP) is 1.07. The summed E-state index contributed by atoms with van der Waals surface area (Å²) >= 11 is 0. The highest BCUT2D eigenvalue weighted by molar-refractivity contribution is 5.89. The average molecular weight is 227 g/mol. The Balaban J connectivity index is 2.60. The van der Waals surface area contributed by atoms with Gasteiger partial charge in [-0.3, -0.25) is 0 Å². The van der Waals surface area contributed by atoms with E-state index in [1.165, 1.54) is 17.2 Å². The van der Waals surface area contributed by atoms with Crippen molar-refractivity contribution in [3.63, 3.8) is 0 Å². The zero-order valence-corrected chi connectivity index (χ0v) is 9.14. The molecule has 0 spiro atoms. The number of likely N-dealkylation sites (N-methyl/N-ethyl adjacent to an activating group) is 1. The summed E-state index contributed by atoms with van der Waals surface area (Å²) in [6.45, 7) is 1.59. The number of hydrogen-bond acceptors (Lipinski definition) is 3. The standard InChI is InChI=1S/C10H14FN3O2/c1-7(6-15)14(2)10(16)13-8-3-4-9(11)12-5-8/h3-5,7,15H,6H2,1-2H3,(H,13,16). The van der Waals surface area contributed by atoms with Gasteiger partial charge in [-0.2, -0.15) is 4.39 Å². The zero-order valence-electron chi connectivity index (χ0n) is 9.14. The van der Waals surface area contributed by atoms with E-state index in [4.69, 9.17) is 5.11 Å². The number of anilines is 1. The van der Waals surface area contributed by atoms with Crippen molar-refractivity contribution < 1.29 is 14.3 Å². The Morgan fingerprint density at radius 2 is 2.38 bits per heavy atom. The number of aromatic nitrogens is 1. The van der Waals surface area contributed by atoms with Crippen LogP contribution in [0.1, 0.15) is 6.92 Å². The van der Waals surface area contributed by atoms with Crippen molar-refractivity contribution in [2.45, 2.75) is 13.0 Å². The summed E-state index contributed by atoms with van der Waals surface area (Å²) in [6, 6.07) is 1.91. The van der Waals surface area contributed by atoms with Crippen molar-refractivity contribution in [1.29, 1.82) is 0 Å². The maximum Gasteiger partial charge on any atom is 0.321 e. The topological polar surface area (TPSA) is 65.5 Å². The molecular weight excluding hydrogens is 213 g/mol. The van der Waals surface area contributed by atoms with Gasteiger partial charge >= 0.3 is 6.03 Å². The lowest BCUT2D eigenvalue weighted by Crippen LogP contribution is -2.40. The zero-order chi connectivity index (χ0) is 12.1. The Labute approximate surface area is 92.9 Å². The molecule has 2 amide bonds. The molecule has 0 aromatic carbocycles. The molecule has 0 aliphatic carbocycles. The molecule has 0 aliphatic rings. The molecule has 88 valence electrons. The first-order valence-corrected chi connectivity index (χ1v) is 4.81. The smallest absolute Gasteiger partial charge is 0.321 e. The van der Waals surface area contributed by atoms with Crippen molar-refractivity contribution in [3.05, 3.63) is 24.3 Å². The number of hydrogen-bond donors (Lipinski definition) is 2. The summed E-state index contributed by atoms with van der Waals surface area (Å²) in [6.07, 6.45) is 1.23. The third-order valence-electron chi connectivity index (χ3n) is 2.22. The minimum absolute atomic E-state index is 0.119. The number of aliphatic hydroxyl groups excluding tert-OH is 1. The van der Waals surface area contributed by atoms with Crippen LogP contribution < -0.4 is 5.32 Å². The summed E-state index contributed by atoms with van der Waals surface area (Å²) in [7, 11) is 1.56. The van der Waals surface area contributed by atoms with Crippen molar-refractivity contribution in [1.82, 2.24) is 9.88 Å². The van der Waals surface area contributed by atoms with Gasteiger partial charge in [0.25, 0.3) is 0 Å². The van der Waals surface area contributed by atoms with E-state index in [0.717, 1.165) is 6.07 Å². The largest absolute Gasteiger partial charge is 0.394 e. The van der Waals surface area contributed by atoms with Crippen molar-refractivity contribution >= 4 is 11.7 Å². The first-order chi connectivity index (χ1) is 7.54. The Kier molecular flexibility index (Phi) is 4.19. The highest BCUT2D eigenvalue weighted by atomic mass is 19.1.